The third-order valence-corrected chi connectivity index (χ3v) is 5.84. The number of carbonyl (C=O) groups is 1. The Labute approximate surface area is 219 Å². The SMILES string of the molecule is C=CCc1cc(/C=C(\C#N)C(=O)Nc2ccc(Cl)c(Cl)c2)cc(OC)c1OCc1ccccc1C#N. The Balaban J connectivity index is 1.92. The van der Waals surface area contributed by atoms with Crippen LogP contribution in [0, 0.1) is 22.7 Å². The average Bonchev–Trinajstić information content (AvgIpc) is 2.88. The largest absolute Gasteiger partial charge is 0.493 e. The van der Waals surface area contributed by atoms with E-state index in [1.807, 2.05) is 18.2 Å². The molecule has 1 N–H and O–H groups in total. The predicted molar refractivity (Wildman–Crippen MR) is 141 cm³/mol. The molecule has 6 nitrogen and oxygen atoms in total. The number of nitrogens with one attached hydrogen (secondary N) is 1. The summed E-state index contributed by atoms with van der Waals surface area (Å²) < 4.78 is 11.6. The molecule has 0 atom stereocenters. The molecule has 3 rings (SSSR count). The lowest BCUT2D eigenvalue weighted by molar-refractivity contribution is -0.112. The summed E-state index contributed by atoms with van der Waals surface area (Å²) in [6, 6.07) is 19.3. The van der Waals surface area contributed by atoms with Gasteiger partial charge in [0.1, 0.15) is 18.2 Å². The van der Waals surface area contributed by atoms with E-state index >= 15 is 0 Å². The smallest absolute Gasteiger partial charge is 0.266 e. The zero-order chi connectivity index (χ0) is 26.1. The molecule has 3 aromatic carbocycles. The first-order chi connectivity index (χ1) is 17.4. The fourth-order valence-electron chi connectivity index (χ4n) is 3.38. The Morgan fingerprint density at radius 3 is 2.53 bits per heavy atom. The summed E-state index contributed by atoms with van der Waals surface area (Å²) >= 11 is 11.9. The molecule has 0 aliphatic heterocycles. The maximum Gasteiger partial charge on any atom is 0.266 e. The highest BCUT2D eigenvalue weighted by Crippen LogP contribution is 2.35. The Morgan fingerprint density at radius 2 is 1.86 bits per heavy atom. The van der Waals surface area contributed by atoms with E-state index in [9.17, 15) is 15.3 Å². The van der Waals surface area contributed by atoms with Crippen molar-refractivity contribution in [3.8, 4) is 23.6 Å². The fourth-order valence-corrected chi connectivity index (χ4v) is 3.68. The topological polar surface area (TPSA) is 95.1 Å². The average molecular weight is 518 g/mol. The maximum absolute atomic E-state index is 12.7. The molecule has 0 unspecified atom stereocenters. The molecule has 0 saturated heterocycles. The normalized spacial score (nSPS) is 10.6. The van der Waals surface area contributed by atoms with Crippen molar-refractivity contribution >= 4 is 40.9 Å². The van der Waals surface area contributed by atoms with Crippen molar-refractivity contribution in [3.63, 3.8) is 0 Å². The molecular weight excluding hydrogens is 497 g/mol. The zero-order valence-electron chi connectivity index (χ0n) is 19.3. The molecule has 1 amide bonds. The first-order valence-corrected chi connectivity index (χ1v) is 11.5. The Bertz CT molecular complexity index is 1420. The highest BCUT2D eigenvalue weighted by molar-refractivity contribution is 6.42. The van der Waals surface area contributed by atoms with Crippen LogP contribution in [0.5, 0.6) is 11.5 Å². The van der Waals surface area contributed by atoms with Gasteiger partial charge < -0.3 is 14.8 Å². The van der Waals surface area contributed by atoms with Gasteiger partial charge in [-0.05, 0) is 54.5 Å². The Morgan fingerprint density at radius 1 is 1.08 bits per heavy atom. The number of nitriles is 2. The monoisotopic (exact) mass is 517 g/mol. The second kappa shape index (κ2) is 12.5. The van der Waals surface area contributed by atoms with Crippen molar-refractivity contribution in [3.05, 3.63) is 105 Å². The summed E-state index contributed by atoms with van der Waals surface area (Å²) in [5.41, 5.74) is 2.85. The van der Waals surface area contributed by atoms with Gasteiger partial charge >= 0.3 is 0 Å². The Hall–Kier alpha value is -4.23. The molecule has 0 heterocycles. The second-order valence-electron chi connectivity index (χ2n) is 7.51. The number of nitrogens with zero attached hydrogens (tertiary/aromatic N) is 2. The van der Waals surface area contributed by atoms with Crippen molar-refractivity contribution in [2.24, 2.45) is 0 Å². The summed E-state index contributed by atoms with van der Waals surface area (Å²) in [4.78, 5) is 12.7. The predicted octanol–water partition coefficient (Wildman–Crippen LogP) is 6.73. The molecule has 36 heavy (non-hydrogen) atoms. The number of amides is 1. The van der Waals surface area contributed by atoms with Gasteiger partial charge in [0.05, 0.1) is 28.8 Å². The van der Waals surface area contributed by atoms with Crippen LogP contribution in [-0.2, 0) is 17.8 Å². The van der Waals surface area contributed by atoms with Gasteiger partial charge in [0.25, 0.3) is 5.91 Å². The number of hydrogen-bond acceptors (Lipinski definition) is 5. The number of benzene rings is 3. The van der Waals surface area contributed by atoms with E-state index < -0.39 is 5.91 Å². The second-order valence-corrected chi connectivity index (χ2v) is 8.33. The molecular formula is C28H21Cl2N3O3. The zero-order valence-corrected chi connectivity index (χ0v) is 20.9. The molecule has 0 aromatic heterocycles. The molecule has 0 radical (unpaired) electrons. The van der Waals surface area contributed by atoms with Crippen molar-refractivity contribution in [1.29, 1.82) is 10.5 Å². The summed E-state index contributed by atoms with van der Waals surface area (Å²) in [7, 11) is 1.50. The number of allylic oxidation sites excluding steroid dienone is 1. The van der Waals surface area contributed by atoms with Crippen LogP contribution in [0.1, 0.15) is 22.3 Å². The minimum Gasteiger partial charge on any atom is -0.493 e. The van der Waals surface area contributed by atoms with E-state index in [4.69, 9.17) is 32.7 Å². The minimum atomic E-state index is -0.603. The van der Waals surface area contributed by atoms with Gasteiger partial charge in [-0.2, -0.15) is 10.5 Å². The van der Waals surface area contributed by atoms with E-state index in [1.165, 1.54) is 19.3 Å². The molecule has 3 aromatic rings. The van der Waals surface area contributed by atoms with Gasteiger partial charge in [-0.25, -0.2) is 0 Å². The number of methoxy groups -OCH3 is 1. The van der Waals surface area contributed by atoms with Crippen LogP contribution in [0.3, 0.4) is 0 Å². The number of carbonyl (C=O) groups excluding carboxylic acids is 1. The molecule has 0 aliphatic carbocycles. The van der Waals surface area contributed by atoms with Crippen LogP contribution in [0.2, 0.25) is 10.0 Å². The molecule has 0 bridgehead atoms. The van der Waals surface area contributed by atoms with E-state index in [0.29, 0.717) is 39.8 Å². The number of rotatable bonds is 9. The lowest BCUT2D eigenvalue weighted by Crippen LogP contribution is -2.13. The summed E-state index contributed by atoms with van der Waals surface area (Å²) in [5, 5.41) is 22.2. The standard InChI is InChI=1S/C28H21Cl2N3O3/c1-3-6-19-11-18(12-22(16-32)28(34)33-23-9-10-24(29)25(30)14-23)13-26(35-2)27(19)36-17-21-8-5-4-7-20(21)15-31/h3-5,7-14H,1,6,17H2,2H3,(H,33,34)/b22-12+. The molecule has 0 spiro atoms. The van der Waals surface area contributed by atoms with Crippen LogP contribution >= 0.6 is 23.2 Å². The molecule has 8 heteroatoms. The van der Waals surface area contributed by atoms with E-state index in [0.717, 1.165) is 11.1 Å². The summed E-state index contributed by atoms with van der Waals surface area (Å²) in [6.45, 7) is 3.96. The third kappa shape index (κ3) is 6.46. The molecule has 180 valence electrons. The van der Waals surface area contributed by atoms with Crippen LogP contribution in [-0.4, -0.2) is 13.0 Å². The van der Waals surface area contributed by atoms with Crippen molar-refractivity contribution in [2.45, 2.75) is 13.0 Å². The van der Waals surface area contributed by atoms with Gasteiger partial charge in [0.15, 0.2) is 11.5 Å². The number of hydrogen-bond donors (Lipinski definition) is 1. The first-order valence-electron chi connectivity index (χ1n) is 10.7. The van der Waals surface area contributed by atoms with Gasteiger partial charge in [-0.3, -0.25) is 4.79 Å². The minimum absolute atomic E-state index is 0.121. The van der Waals surface area contributed by atoms with E-state index in [-0.39, 0.29) is 17.2 Å². The molecule has 0 saturated carbocycles. The van der Waals surface area contributed by atoms with Gasteiger partial charge in [0, 0.05) is 16.8 Å². The van der Waals surface area contributed by atoms with Crippen molar-refractivity contribution in [1.82, 2.24) is 0 Å². The van der Waals surface area contributed by atoms with Crippen molar-refractivity contribution < 1.29 is 14.3 Å². The van der Waals surface area contributed by atoms with Crippen molar-refractivity contribution in [2.75, 3.05) is 12.4 Å². The van der Waals surface area contributed by atoms with E-state index in [2.05, 4.69) is 18.0 Å². The van der Waals surface area contributed by atoms with Crippen LogP contribution in [0.15, 0.2) is 72.8 Å². The summed E-state index contributed by atoms with van der Waals surface area (Å²) in [5.74, 6) is 0.298. The highest BCUT2D eigenvalue weighted by atomic mass is 35.5. The lowest BCUT2D eigenvalue weighted by atomic mass is 10.0. The number of ether oxygens (including phenoxy) is 2. The number of halogens is 2. The van der Waals surface area contributed by atoms with Gasteiger partial charge in [-0.1, -0.05) is 47.5 Å². The van der Waals surface area contributed by atoms with Gasteiger partial charge in [0.2, 0.25) is 0 Å². The van der Waals surface area contributed by atoms with Gasteiger partial charge in [-0.15, -0.1) is 6.58 Å². The van der Waals surface area contributed by atoms with E-state index in [1.54, 1.807) is 42.5 Å². The maximum atomic E-state index is 12.7. The Kier molecular flexibility index (Phi) is 9.13. The van der Waals surface area contributed by atoms with Crippen LogP contribution < -0.4 is 14.8 Å². The highest BCUT2D eigenvalue weighted by Gasteiger charge is 2.16. The fraction of sp³-hybridized carbons (Fsp3) is 0.107. The van der Waals surface area contributed by atoms with Crippen LogP contribution in [0.25, 0.3) is 6.08 Å². The molecule has 0 aliphatic rings. The lowest BCUT2D eigenvalue weighted by Gasteiger charge is -2.16. The number of anilines is 1. The third-order valence-electron chi connectivity index (χ3n) is 5.10. The van der Waals surface area contributed by atoms with Crippen LogP contribution in [0.4, 0.5) is 5.69 Å². The quantitative estimate of drug-likeness (QED) is 0.193. The first kappa shape index (κ1) is 26.4. The molecule has 0 fully saturated rings. The summed E-state index contributed by atoms with van der Waals surface area (Å²) in [6.07, 6.45) is 3.61.